The van der Waals surface area contributed by atoms with Gasteiger partial charge in [-0.3, -0.25) is 4.90 Å². The van der Waals surface area contributed by atoms with Crippen molar-refractivity contribution in [2.24, 2.45) is 11.8 Å². The Morgan fingerprint density at radius 1 is 1.48 bits per heavy atom. The molecule has 0 aromatic carbocycles. The van der Waals surface area contributed by atoms with E-state index in [1.807, 2.05) is 11.3 Å². The Morgan fingerprint density at radius 3 is 2.81 bits per heavy atom. The molecule has 1 aliphatic carbocycles. The summed E-state index contributed by atoms with van der Waals surface area (Å²) >= 11 is 5.47. The second-order valence-corrected chi connectivity index (χ2v) is 9.40. The summed E-state index contributed by atoms with van der Waals surface area (Å²) in [6.45, 7) is 10.6. The summed E-state index contributed by atoms with van der Waals surface area (Å²) in [4.78, 5) is 4.23. The summed E-state index contributed by atoms with van der Waals surface area (Å²) in [5, 5.41) is 6.09. The van der Waals surface area contributed by atoms with Gasteiger partial charge in [0.15, 0.2) is 0 Å². The van der Waals surface area contributed by atoms with Gasteiger partial charge in [-0.1, -0.05) is 13.8 Å². The molecule has 2 aliphatic rings. The van der Waals surface area contributed by atoms with E-state index in [9.17, 15) is 0 Å². The van der Waals surface area contributed by atoms with E-state index in [1.165, 1.54) is 35.2 Å². The van der Waals surface area contributed by atoms with Crippen molar-refractivity contribution in [3.8, 4) is 0 Å². The van der Waals surface area contributed by atoms with Gasteiger partial charge in [0.05, 0.1) is 0 Å². The molecule has 1 saturated carbocycles. The predicted molar refractivity (Wildman–Crippen MR) is 94.8 cm³/mol. The van der Waals surface area contributed by atoms with Crippen LogP contribution in [0.25, 0.3) is 0 Å². The minimum Gasteiger partial charge on any atom is -0.308 e. The van der Waals surface area contributed by atoms with Crippen molar-refractivity contribution in [3.05, 3.63) is 20.8 Å². The van der Waals surface area contributed by atoms with Crippen molar-refractivity contribution in [2.75, 3.05) is 13.1 Å². The normalized spacial score (nSPS) is 31.0. The monoisotopic (exact) mass is 370 g/mol. The molecule has 4 heteroatoms. The van der Waals surface area contributed by atoms with Crippen LogP contribution in [0.1, 0.15) is 44.9 Å². The maximum Gasteiger partial charge on any atom is 0.0332 e. The van der Waals surface area contributed by atoms with Crippen LogP contribution in [0.2, 0.25) is 0 Å². The second-order valence-electron chi connectivity index (χ2n) is 7.49. The minimum absolute atomic E-state index is 0.335. The molecule has 1 saturated heterocycles. The minimum atomic E-state index is 0.335. The van der Waals surface area contributed by atoms with Crippen LogP contribution in [0.4, 0.5) is 0 Å². The van der Waals surface area contributed by atoms with Gasteiger partial charge in [0.25, 0.3) is 0 Å². The third-order valence-electron chi connectivity index (χ3n) is 4.99. The number of halogens is 1. The summed E-state index contributed by atoms with van der Waals surface area (Å²) in [5.41, 5.74) is 0.335. The first kappa shape index (κ1) is 16.0. The zero-order chi connectivity index (χ0) is 15.0. The van der Waals surface area contributed by atoms with Crippen molar-refractivity contribution in [3.63, 3.8) is 0 Å². The average molecular weight is 371 g/mol. The predicted octanol–water partition coefficient (Wildman–Crippen LogP) is 4.50. The highest BCUT2D eigenvalue weighted by molar-refractivity contribution is 9.10. The van der Waals surface area contributed by atoms with Crippen LogP contribution < -0.4 is 5.32 Å². The summed E-state index contributed by atoms with van der Waals surface area (Å²) < 4.78 is 1.22. The molecule has 0 radical (unpaired) electrons. The standard InChI is InChI=1S/C17H27BrN2S/c1-12(2)6-15-8-19-17(3,13-4-5-13)11-20(15)9-16-7-14(18)10-21-16/h7,10,12-13,15,19H,4-6,8-9,11H2,1-3H3. The lowest BCUT2D eigenvalue weighted by Crippen LogP contribution is -2.63. The van der Waals surface area contributed by atoms with Crippen molar-refractivity contribution < 1.29 is 0 Å². The molecule has 0 spiro atoms. The van der Waals surface area contributed by atoms with E-state index in [1.54, 1.807) is 0 Å². The summed E-state index contributed by atoms with van der Waals surface area (Å²) in [6, 6.07) is 2.96. The third kappa shape index (κ3) is 3.90. The Kier molecular flexibility index (Phi) is 4.80. The first-order valence-electron chi connectivity index (χ1n) is 8.18. The SMILES string of the molecule is CC(C)CC1CNC(C)(C2CC2)CN1Cc1cc(Br)cs1. The largest absolute Gasteiger partial charge is 0.308 e. The second kappa shape index (κ2) is 6.31. The van der Waals surface area contributed by atoms with Gasteiger partial charge in [-0.2, -0.15) is 0 Å². The summed E-state index contributed by atoms with van der Waals surface area (Å²) in [6.07, 6.45) is 4.12. The van der Waals surface area contributed by atoms with Crippen LogP contribution in [-0.2, 0) is 6.54 Å². The first-order valence-corrected chi connectivity index (χ1v) is 9.85. The Balaban J connectivity index is 1.72. The van der Waals surface area contributed by atoms with Gasteiger partial charge < -0.3 is 5.32 Å². The van der Waals surface area contributed by atoms with E-state index in [4.69, 9.17) is 0 Å². The molecular formula is C17H27BrN2S. The molecule has 1 aromatic heterocycles. The smallest absolute Gasteiger partial charge is 0.0332 e. The van der Waals surface area contributed by atoms with E-state index in [0.29, 0.717) is 11.6 Å². The molecule has 3 rings (SSSR count). The number of rotatable bonds is 5. The molecule has 2 heterocycles. The van der Waals surface area contributed by atoms with Gasteiger partial charge in [0.2, 0.25) is 0 Å². The Morgan fingerprint density at radius 2 is 2.24 bits per heavy atom. The van der Waals surface area contributed by atoms with Crippen LogP contribution in [0.15, 0.2) is 15.9 Å². The number of nitrogens with one attached hydrogen (secondary N) is 1. The van der Waals surface area contributed by atoms with E-state index >= 15 is 0 Å². The van der Waals surface area contributed by atoms with Crippen LogP contribution >= 0.6 is 27.3 Å². The lowest BCUT2D eigenvalue weighted by atomic mass is 9.89. The molecule has 2 atom stereocenters. The molecule has 2 unspecified atom stereocenters. The molecule has 0 amide bonds. The summed E-state index contributed by atoms with van der Waals surface area (Å²) in [5.74, 6) is 1.66. The molecule has 2 nitrogen and oxygen atoms in total. The topological polar surface area (TPSA) is 15.3 Å². The maximum absolute atomic E-state index is 3.89. The molecule has 21 heavy (non-hydrogen) atoms. The number of hydrogen-bond donors (Lipinski definition) is 1. The van der Waals surface area contributed by atoms with E-state index in [0.717, 1.165) is 24.9 Å². The lowest BCUT2D eigenvalue weighted by Gasteiger charge is -2.47. The van der Waals surface area contributed by atoms with Crippen LogP contribution in [0, 0.1) is 11.8 Å². The Hall–Kier alpha value is 0.1000. The highest BCUT2D eigenvalue weighted by atomic mass is 79.9. The van der Waals surface area contributed by atoms with Gasteiger partial charge >= 0.3 is 0 Å². The summed E-state index contributed by atoms with van der Waals surface area (Å²) in [7, 11) is 0. The quantitative estimate of drug-likeness (QED) is 0.820. The zero-order valence-electron chi connectivity index (χ0n) is 13.4. The van der Waals surface area contributed by atoms with Crippen molar-refractivity contribution in [1.82, 2.24) is 10.2 Å². The van der Waals surface area contributed by atoms with E-state index < -0.39 is 0 Å². The average Bonchev–Trinajstić information content (AvgIpc) is 3.18. The third-order valence-corrected chi connectivity index (χ3v) is 6.67. The Labute approximate surface area is 141 Å². The lowest BCUT2D eigenvalue weighted by molar-refractivity contribution is 0.0589. The fourth-order valence-corrected chi connectivity index (χ4v) is 5.15. The molecule has 1 N–H and O–H groups in total. The van der Waals surface area contributed by atoms with Crippen LogP contribution in [-0.4, -0.2) is 29.6 Å². The molecule has 0 bridgehead atoms. The fraction of sp³-hybridized carbons (Fsp3) is 0.765. The Bertz CT molecular complexity index is 483. The first-order chi connectivity index (χ1) is 9.96. The molecule has 2 fully saturated rings. The zero-order valence-corrected chi connectivity index (χ0v) is 15.8. The fourth-order valence-electron chi connectivity index (χ4n) is 3.68. The van der Waals surface area contributed by atoms with Gasteiger partial charge in [0, 0.05) is 45.9 Å². The van der Waals surface area contributed by atoms with Gasteiger partial charge in [0.1, 0.15) is 0 Å². The molecular weight excluding hydrogens is 344 g/mol. The maximum atomic E-state index is 3.89. The van der Waals surface area contributed by atoms with E-state index in [-0.39, 0.29) is 0 Å². The number of hydrogen-bond acceptors (Lipinski definition) is 3. The highest BCUT2D eigenvalue weighted by Gasteiger charge is 2.45. The van der Waals surface area contributed by atoms with Gasteiger partial charge in [-0.15, -0.1) is 11.3 Å². The van der Waals surface area contributed by atoms with Crippen molar-refractivity contribution in [1.29, 1.82) is 0 Å². The van der Waals surface area contributed by atoms with Crippen molar-refractivity contribution >= 4 is 27.3 Å². The van der Waals surface area contributed by atoms with Crippen molar-refractivity contribution in [2.45, 2.75) is 58.2 Å². The van der Waals surface area contributed by atoms with Gasteiger partial charge in [-0.25, -0.2) is 0 Å². The molecule has 1 aliphatic heterocycles. The van der Waals surface area contributed by atoms with Crippen LogP contribution in [0.3, 0.4) is 0 Å². The highest BCUT2D eigenvalue weighted by Crippen LogP contribution is 2.42. The number of nitrogens with zero attached hydrogens (tertiary/aromatic N) is 1. The van der Waals surface area contributed by atoms with E-state index in [2.05, 4.69) is 58.4 Å². The molecule has 1 aromatic rings. The number of thiophene rings is 1. The number of piperazine rings is 1. The van der Waals surface area contributed by atoms with Crippen LogP contribution in [0.5, 0.6) is 0 Å². The van der Waals surface area contributed by atoms with Gasteiger partial charge in [-0.05, 0) is 60.0 Å². The molecule has 118 valence electrons.